The summed E-state index contributed by atoms with van der Waals surface area (Å²) in [5.41, 5.74) is 1.69. The van der Waals surface area contributed by atoms with Gasteiger partial charge in [-0.2, -0.15) is 0 Å². The monoisotopic (exact) mass is 322 g/mol. The highest BCUT2D eigenvalue weighted by Crippen LogP contribution is 2.44. The average Bonchev–Trinajstić information content (AvgIpc) is 3.38. The van der Waals surface area contributed by atoms with Crippen molar-refractivity contribution in [3.05, 3.63) is 39.6 Å². The second-order valence-electron chi connectivity index (χ2n) is 5.88. The Balaban J connectivity index is 1.67. The first-order valence-electron chi connectivity index (χ1n) is 7.39. The normalized spacial score (nSPS) is 18.2. The van der Waals surface area contributed by atoms with Crippen molar-refractivity contribution in [2.24, 2.45) is 0 Å². The lowest BCUT2D eigenvalue weighted by atomic mass is 10.2. The van der Waals surface area contributed by atoms with E-state index < -0.39 is 0 Å². The van der Waals surface area contributed by atoms with Crippen molar-refractivity contribution in [1.29, 1.82) is 0 Å². The van der Waals surface area contributed by atoms with E-state index in [1.807, 2.05) is 0 Å². The Morgan fingerprint density at radius 3 is 2.81 bits per heavy atom. The van der Waals surface area contributed by atoms with Gasteiger partial charge in [0.1, 0.15) is 10.8 Å². The van der Waals surface area contributed by atoms with Crippen LogP contribution in [-0.2, 0) is 6.54 Å². The van der Waals surface area contributed by atoms with Gasteiger partial charge in [-0.15, -0.1) is 11.3 Å². The Morgan fingerprint density at radius 1 is 1.29 bits per heavy atom. The number of nitrogens with one attached hydrogen (secondary N) is 1. The molecule has 0 saturated heterocycles. The topological polar surface area (TPSA) is 24.9 Å². The molecule has 1 aromatic carbocycles. The van der Waals surface area contributed by atoms with E-state index in [0.29, 0.717) is 22.5 Å². The molecule has 21 heavy (non-hydrogen) atoms. The van der Waals surface area contributed by atoms with Crippen LogP contribution in [0.2, 0.25) is 5.02 Å². The third-order valence-corrected chi connectivity index (χ3v) is 5.32. The molecule has 5 heteroatoms. The summed E-state index contributed by atoms with van der Waals surface area (Å²) >= 11 is 7.60. The maximum Gasteiger partial charge on any atom is 0.133 e. The average molecular weight is 323 g/mol. The molecule has 0 atom stereocenters. The first kappa shape index (κ1) is 13.7. The zero-order chi connectivity index (χ0) is 14.4. The van der Waals surface area contributed by atoms with Crippen LogP contribution in [0.4, 0.5) is 4.39 Å². The summed E-state index contributed by atoms with van der Waals surface area (Å²) in [4.78, 5) is 5.99. The molecule has 0 bridgehead atoms. The smallest absolute Gasteiger partial charge is 0.133 e. The molecular weight excluding hydrogens is 307 g/mol. The van der Waals surface area contributed by atoms with Gasteiger partial charge in [0.05, 0.1) is 5.69 Å². The first-order chi connectivity index (χ1) is 10.2. The van der Waals surface area contributed by atoms with Gasteiger partial charge in [-0.25, -0.2) is 9.37 Å². The quantitative estimate of drug-likeness (QED) is 0.860. The number of hydrogen-bond donors (Lipinski definition) is 1. The largest absolute Gasteiger partial charge is 0.309 e. The molecular formula is C16H16ClFN2S. The fraction of sp³-hybridized carbons (Fsp3) is 0.438. The second kappa shape index (κ2) is 5.34. The predicted octanol–water partition coefficient (Wildman–Crippen LogP) is 4.73. The van der Waals surface area contributed by atoms with Crippen LogP contribution in [0.25, 0.3) is 10.6 Å². The van der Waals surface area contributed by atoms with E-state index in [1.165, 1.54) is 42.3 Å². The Kier molecular flexibility index (Phi) is 3.48. The molecule has 0 unspecified atom stereocenters. The zero-order valence-corrected chi connectivity index (χ0v) is 13.1. The molecule has 2 aliphatic carbocycles. The van der Waals surface area contributed by atoms with Crippen molar-refractivity contribution in [2.45, 2.75) is 44.2 Å². The van der Waals surface area contributed by atoms with Crippen LogP contribution in [0.3, 0.4) is 0 Å². The lowest BCUT2D eigenvalue weighted by Crippen LogP contribution is -2.15. The number of hydrogen-bond acceptors (Lipinski definition) is 3. The van der Waals surface area contributed by atoms with Crippen LogP contribution in [0, 0.1) is 5.82 Å². The van der Waals surface area contributed by atoms with Crippen molar-refractivity contribution in [1.82, 2.24) is 10.3 Å². The number of aromatic nitrogens is 1. The van der Waals surface area contributed by atoms with E-state index in [2.05, 4.69) is 5.32 Å². The number of nitrogens with zero attached hydrogens (tertiary/aromatic N) is 1. The van der Waals surface area contributed by atoms with Crippen molar-refractivity contribution >= 4 is 22.9 Å². The Bertz CT molecular complexity index is 677. The van der Waals surface area contributed by atoms with Gasteiger partial charge >= 0.3 is 0 Å². The van der Waals surface area contributed by atoms with Gasteiger partial charge in [-0.05, 0) is 43.9 Å². The summed E-state index contributed by atoms with van der Waals surface area (Å²) in [6.07, 6.45) is 4.95. The Labute approximate surface area is 132 Å². The highest BCUT2D eigenvalue weighted by Gasteiger charge is 2.31. The number of rotatable bonds is 5. The minimum Gasteiger partial charge on any atom is -0.309 e. The van der Waals surface area contributed by atoms with Gasteiger partial charge in [0.25, 0.3) is 0 Å². The maximum absolute atomic E-state index is 14.0. The van der Waals surface area contributed by atoms with Gasteiger partial charge in [0.15, 0.2) is 0 Å². The zero-order valence-electron chi connectivity index (χ0n) is 11.5. The van der Waals surface area contributed by atoms with E-state index in [-0.39, 0.29) is 5.82 Å². The first-order valence-corrected chi connectivity index (χ1v) is 8.58. The van der Waals surface area contributed by atoms with Crippen LogP contribution in [0.1, 0.15) is 42.2 Å². The molecule has 1 N–H and O–H groups in total. The van der Waals surface area contributed by atoms with Crippen LogP contribution >= 0.6 is 22.9 Å². The molecule has 2 saturated carbocycles. The molecule has 0 aliphatic heterocycles. The number of benzene rings is 1. The fourth-order valence-electron chi connectivity index (χ4n) is 2.47. The molecule has 4 rings (SSSR count). The Hall–Kier alpha value is -0.970. The maximum atomic E-state index is 14.0. The highest BCUT2D eigenvalue weighted by atomic mass is 35.5. The summed E-state index contributed by atoms with van der Waals surface area (Å²) in [5.74, 6) is 0.324. The third kappa shape index (κ3) is 2.98. The molecule has 2 aromatic rings. The lowest BCUT2D eigenvalue weighted by Gasteiger charge is -2.01. The lowest BCUT2D eigenvalue weighted by molar-refractivity contribution is 0.631. The van der Waals surface area contributed by atoms with Crippen LogP contribution in [-0.4, -0.2) is 11.0 Å². The highest BCUT2D eigenvalue weighted by molar-refractivity contribution is 7.15. The van der Waals surface area contributed by atoms with Gasteiger partial charge in [0, 0.05) is 34.0 Å². The van der Waals surface area contributed by atoms with Crippen LogP contribution in [0.15, 0.2) is 18.2 Å². The van der Waals surface area contributed by atoms with E-state index >= 15 is 0 Å². The summed E-state index contributed by atoms with van der Waals surface area (Å²) in [7, 11) is 0. The molecule has 0 radical (unpaired) electrons. The standard InChI is InChI=1S/C16H16ClFN2S/c17-10-3-6-13(18)12(7-10)16-20-15(9-1-2-9)14(21-16)8-19-11-4-5-11/h3,6-7,9,11,19H,1-2,4-5,8H2. The molecule has 2 nitrogen and oxygen atoms in total. The minimum absolute atomic E-state index is 0.253. The van der Waals surface area contributed by atoms with E-state index in [4.69, 9.17) is 16.6 Å². The van der Waals surface area contributed by atoms with Gasteiger partial charge in [0.2, 0.25) is 0 Å². The van der Waals surface area contributed by atoms with Crippen molar-refractivity contribution in [3.63, 3.8) is 0 Å². The molecule has 110 valence electrons. The summed E-state index contributed by atoms with van der Waals surface area (Å²) < 4.78 is 14.0. The third-order valence-electron chi connectivity index (χ3n) is 3.98. The predicted molar refractivity (Wildman–Crippen MR) is 84.4 cm³/mol. The SMILES string of the molecule is Fc1ccc(Cl)cc1-c1nc(C2CC2)c(CNC2CC2)s1. The molecule has 0 spiro atoms. The van der Waals surface area contributed by atoms with E-state index in [0.717, 1.165) is 11.6 Å². The fourth-order valence-corrected chi connectivity index (χ4v) is 3.76. The van der Waals surface area contributed by atoms with Crippen LogP contribution < -0.4 is 5.32 Å². The molecule has 1 heterocycles. The van der Waals surface area contributed by atoms with Crippen molar-refractivity contribution < 1.29 is 4.39 Å². The van der Waals surface area contributed by atoms with Gasteiger partial charge in [-0.1, -0.05) is 11.6 Å². The Morgan fingerprint density at radius 2 is 2.10 bits per heavy atom. The van der Waals surface area contributed by atoms with Crippen molar-refractivity contribution in [3.8, 4) is 10.6 Å². The number of halogens is 2. The summed E-state index contributed by atoms with van der Waals surface area (Å²) in [5, 5.41) is 4.84. The van der Waals surface area contributed by atoms with Gasteiger partial charge < -0.3 is 5.32 Å². The van der Waals surface area contributed by atoms with E-state index in [1.54, 1.807) is 23.5 Å². The minimum atomic E-state index is -0.253. The molecule has 1 aromatic heterocycles. The summed E-state index contributed by atoms with van der Waals surface area (Å²) in [6.45, 7) is 0.857. The molecule has 2 fully saturated rings. The van der Waals surface area contributed by atoms with E-state index in [9.17, 15) is 4.39 Å². The van der Waals surface area contributed by atoms with Crippen molar-refractivity contribution in [2.75, 3.05) is 0 Å². The summed E-state index contributed by atoms with van der Waals surface area (Å²) in [6, 6.07) is 5.33. The molecule has 2 aliphatic rings. The van der Waals surface area contributed by atoms with Crippen LogP contribution in [0.5, 0.6) is 0 Å². The molecule has 0 amide bonds. The van der Waals surface area contributed by atoms with Gasteiger partial charge in [-0.3, -0.25) is 0 Å². The second-order valence-corrected chi connectivity index (χ2v) is 7.40. The number of thiazole rings is 1.